The standard InChI is InChI=1S/C23H17NO4/c25-23(18-10-7-13-20(14-18)27-19-11-5-2-6-12-19)26-16-22-24-15-21(28-22)17-8-3-1-4-9-17/h1-15H,16H2. The Balaban J connectivity index is 1.39. The maximum atomic E-state index is 12.4. The average molecular weight is 371 g/mol. The topological polar surface area (TPSA) is 61.6 Å². The van der Waals surface area contributed by atoms with E-state index >= 15 is 0 Å². The molecule has 0 atom stereocenters. The molecular formula is C23H17NO4. The van der Waals surface area contributed by atoms with Gasteiger partial charge in [-0.2, -0.15) is 0 Å². The zero-order valence-corrected chi connectivity index (χ0v) is 14.9. The van der Waals surface area contributed by atoms with Crippen molar-refractivity contribution < 1.29 is 18.7 Å². The molecular weight excluding hydrogens is 354 g/mol. The van der Waals surface area contributed by atoms with Crippen molar-refractivity contribution in [1.29, 1.82) is 0 Å². The van der Waals surface area contributed by atoms with Gasteiger partial charge in [0.15, 0.2) is 12.4 Å². The molecule has 0 saturated heterocycles. The summed E-state index contributed by atoms with van der Waals surface area (Å²) in [6, 6.07) is 25.8. The zero-order valence-electron chi connectivity index (χ0n) is 14.9. The lowest BCUT2D eigenvalue weighted by molar-refractivity contribution is 0.0438. The van der Waals surface area contributed by atoms with E-state index in [1.165, 1.54) is 0 Å². The first-order valence-corrected chi connectivity index (χ1v) is 8.78. The lowest BCUT2D eigenvalue weighted by Gasteiger charge is -2.07. The Hall–Kier alpha value is -3.86. The smallest absolute Gasteiger partial charge is 0.338 e. The molecule has 0 fully saturated rings. The molecule has 0 saturated carbocycles. The summed E-state index contributed by atoms with van der Waals surface area (Å²) in [6.45, 7) is -0.0462. The molecule has 0 unspecified atom stereocenters. The van der Waals surface area contributed by atoms with Crippen molar-refractivity contribution in [3.63, 3.8) is 0 Å². The molecule has 5 nitrogen and oxygen atoms in total. The Bertz CT molecular complexity index is 1060. The largest absolute Gasteiger partial charge is 0.457 e. The molecule has 4 rings (SSSR count). The molecule has 0 bridgehead atoms. The number of esters is 1. The van der Waals surface area contributed by atoms with Gasteiger partial charge < -0.3 is 13.9 Å². The number of benzene rings is 3. The normalized spacial score (nSPS) is 10.4. The first-order valence-electron chi connectivity index (χ1n) is 8.78. The van der Waals surface area contributed by atoms with Crippen LogP contribution in [0.15, 0.2) is 95.5 Å². The van der Waals surface area contributed by atoms with E-state index in [0.717, 1.165) is 5.56 Å². The van der Waals surface area contributed by atoms with Crippen molar-refractivity contribution in [3.8, 4) is 22.8 Å². The molecule has 0 aliphatic rings. The third kappa shape index (κ3) is 4.27. The van der Waals surface area contributed by atoms with Gasteiger partial charge in [-0.05, 0) is 30.3 Å². The molecule has 3 aromatic carbocycles. The minimum atomic E-state index is -0.474. The summed E-state index contributed by atoms with van der Waals surface area (Å²) in [4.78, 5) is 16.5. The fraction of sp³-hybridized carbons (Fsp3) is 0.0435. The second-order valence-corrected chi connectivity index (χ2v) is 6.00. The van der Waals surface area contributed by atoms with E-state index in [4.69, 9.17) is 13.9 Å². The molecule has 0 aliphatic heterocycles. The van der Waals surface area contributed by atoms with Gasteiger partial charge in [0.2, 0.25) is 5.89 Å². The van der Waals surface area contributed by atoms with Crippen LogP contribution in [0.25, 0.3) is 11.3 Å². The lowest BCUT2D eigenvalue weighted by Crippen LogP contribution is -2.05. The van der Waals surface area contributed by atoms with Gasteiger partial charge >= 0.3 is 5.97 Å². The molecule has 138 valence electrons. The molecule has 0 radical (unpaired) electrons. The number of para-hydroxylation sites is 1. The number of hydrogen-bond acceptors (Lipinski definition) is 5. The first kappa shape index (κ1) is 17.5. The fourth-order valence-electron chi connectivity index (χ4n) is 2.63. The predicted octanol–water partition coefficient (Wildman–Crippen LogP) is 5.49. The van der Waals surface area contributed by atoms with E-state index in [0.29, 0.717) is 28.7 Å². The Morgan fingerprint density at radius 1 is 0.857 bits per heavy atom. The number of carbonyl (C=O) groups is 1. The molecule has 28 heavy (non-hydrogen) atoms. The third-order valence-corrected chi connectivity index (χ3v) is 3.99. The molecule has 5 heteroatoms. The highest BCUT2D eigenvalue weighted by molar-refractivity contribution is 5.89. The van der Waals surface area contributed by atoms with E-state index in [2.05, 4.69) is 4.98 Å². The summed E-state index contributed by atoms with van der Waals surface area (Å²) in [5.41, 5.74) is 1.31. The molecule has 0 amide bonds. The second-order valence-electron chi connectivity index (χ2n) is 6.00. The number of hydrogen-bond donors (Lipinski definition) is 0. The SMILES string of the molecule is O=C(OCc1ncc(-c2ccccc2)o1)c1cccc(Oc2ccccc2)c1. The van der Waals surface area contributed by atoms with Crippen LogP contribution in [0.5, 0.6) is 11.5 Å². The summed E-state index contributed by atoms with van der Waals surface area (Å²) in [7, 11) is 0. The first-order chi connectivity index (χ1) is 13.8. The number of carbonyl (C=O) groups excluding carboxylic acids is 1. The summed E-state index contributed by atoms with van der Waals surface area (Å²) in [6.07, 6.45) is 1.62. The van der Waals surface area contributed by atoms with Gasteiger partial charge in [0.25, 0.3) is 0 Å². The average Bonchev–Trinajstić information content (AvgIpc) is 3.23. The van der Waals surface area contributed by atoms with Crippen molar-refractivity contribution in [2.45, 2.75) is 6.61 Å². The van der Waals surface area contributed by atoms with Gasteiger partial charge in [-0.1, -0.05) is 54.6 Å². The Morgan fingerprint density at radius 2 is 1.57 bits per heavy atom. The van der Waals surface area contributed by atoms with Gasteiger partial charge in [0.1, 0.15) is 11.5 Å². The van der Waals surface area contributed by atoms with Crippen molar-refractivity contribution in [2.24, 2.45) is 0 Å². The molecule has 0 spiro atoms. The third-order valence-electron chi connectivity index (χ3n) is 3.99. The Labute approximate surface area is 162 Å². The number of ether oxygens (including phenoxy) is 2. The van der Waals surface area contributed by atoms with E-state index in [9.17, 15) is 4.79 Å². The van der Waals surface area contributed by atoms with Gasteiger partial charge in [-0.15, -0.1) is 0 Å². The summed E-state index contributed by atoms with van der Waals surface area (Å²) in [5, 5.41) is 0. The van der Waals surface area contributed by atoms with Crippen LogP contribution in [0.4, 0.5) is 0 Å². The lowest BCUT2D eigenvalue weighted by atomic mass is 10.2. The number of rotatable bonds is 6. The highest BCUT2D eigenvalue weighted by Crippen LogP contribution is 2.23. The van der Waals surface area contributed by atoms with Crippen LogP contribution in [-0.2, 0) is 11.3 Å². The molecule has 1 heterocycles. The van der Waals surface area contributed by atoms with E-state index in [-0.39, 0.29) is 6.61 Å². The Morgan fingerprint density at radius 3 is 2.36 bits per heavy atom. The number of aromatic nitrogens is 1. The Kier molecular flexibility index (Phi) is 5.15. The summed E-state index contributed by atoms with van der Waals surface area (Å²) in [5.74, 6) is 1.75. The van der Waals surface area contributed by atoms with Crippen LogP contribution in [0.2, 0.25) is 0 Å². The number of nitrogens with zero attached hydrogens (tertiary/aromatic N) is 1. The summed E-state index contributed by atoms with van der Waals surface area (Å²) < 4.78 is 16.7. The quantitative estimate of drug-likeness (QED) is 0.419. The molecule has 1 aromatic heterocycles. The van der Waals surface area contributed by atoms with Crippen molar-refractivity contribution >= 4 is 5.97 Å². The number of oxazole rings is 1. The van der Waals surface area contributed by atoms with Crippen LogP contribution < -0.4 is 4.74 Å². The van der Waals surface area contributed by atoms with Gasteiger partial charge in [-0.25, -0.2) is 9.78 Å². The van der Waals surface area contributed by atoms with Gasteiger partial charge in [0, 0.05) is 5.56 Å². The minimum absolute atomic E-state index is 0.0462. The van der Waals surface area contributed by atoms with Crippen LogP contribution in [0.1, 0.15) is 16.2 Å². The van der Waals surface area contributed by atoms with Crippen molar-refractivity contribution in [2.75, 3.05) is 0 Å². The molecule has 0 aliphatic carbocycles. The van der Waals surface area contributed by atoms with Gasteiger partial charge in [0.05, 0.1) is 11.8 Å². The molecule has 4 aromatic rings. The predicted molar refractivity (Wildman–Crippen MR) is 104 cm³/mol. The minimum Gasteiger partial charge on any atom is -0.457 e. The highest BCUT2D eigenvalue weighted by Gasteiger charge is 2.12. The summed E-state index contributed by atoms with van der Waals surface area (Å²) >= 11 is 0. The van der Waals surface area contributed by atoms with E-state index in [1.54, 1.807) is 30.5 Å². The van der Waals surface area contributed by atoms with Crippen LogP contribution >= 0.6 is 0 Å². The van der Waals surface area contributed by atoms with Crippen LogP contribution in [0.3, 0.4) is 0 Å². The zero-order chi connectivity index (χ0) is 19.2. The van der Waals surface area contributed by atoms with Crippen molar-refractivity contribution in [3.05, 3.63) is 103 Å². The molecule has 0 N–H and O–H groups in total. The van der Waals surface area contributed by atoms with Crippen LogP contribution in [0, 0.1) is 0 Å². The van der Waals surface area contributed by atoms with Gasteiger partial charge in [-0.3, -0.25) is 0 Å². The van der Waals surface area contributed by atoms with Crippen molar-refractivity contribution in [1.82, 2.24) is 4.98 Å². The maximum absolute atomic E-state index is 12.4. The fourth-order valence-corrected chi connectivity index (χ4v) is 2.63. The second kappa shape index (κ2) is 8.22. The maximum Gasteiger partial charge on any atom is 0.338 e. The van der Waals surface area contributed by atoms with E-state index in [1.807, 2.05) is 60.7 Å². The highest BCUT2D eigenvalue weighted by atomic mass is 16.5. The monoisotopic (exact) mass is 371 g/mol. The van der Waals surface area contributed by atoms with E-state index < -0.39 is 5.97 Å². The van der Waals surface area contributed by atoms with Crippen LogP contribution in [-0.4, -0.2) is 11.0 Å².